The van der Waals surface area contributed by atoms with Crippen LogP contribution >= 0.6 is 0 Å². The molecule has 16 heavy (non-hydrogen) atoms. The highest BCUT2D eigenvalue weighted by atomic mass is 32.2. The van der Waals surface area contributed by atoms with Crippen molar-refractivity contribution in [1.82, 2.24) is 4.72 Å². The molecule has 0 radical (unpaired) electrons. The lowest BCUT2D eigenvalue weighted by Crippen LogP contribution is -2.47. The lowest BCUT2D eigenvalue weighted by Gasteiger charge is -2.16. The van der Waals surface area contributed by atoms with Crippen molar-refractivity contribution in [3.8, 4) is 0 Å². The van der Waals surface area contributed by atoms with Gasteiger partial charge in [-0.2, -0.15) is 0 Å². The van der Waals surface area contributed by atoms with Crippen LogP contribution in [-0.4, -0.2) is 37.8 Å². The Bertz CT molecular complexity index is 420. The van der Waals surface area contributed by atoms with Gasteiger partial charge in [-0.25, -0.2) is 13.1 Å². The van der Waals surface area contributed by atoms with Crippen LogP contribution in [0.15, 0.2) is 30.3 Å². The van der Waals surface area contributed by atoms with Crippen molar-refractivity contribution in [3.05, 3.63) is 35.9 Å². The minimum absolute atomic E-state index is 0.228. The van der Waals surface area contributed by atoms with Crippen molar-refractivity contribution in [2.24, 2.45) is 0 Å². The van der Waals surface area contributed by atoms with Crippen molar-refractivity contribution in [3.63, 3.8) is 0 Å². The molecule has 0 heterocycles. The van der Waals surface area contributed by atoms with Crippen LogP contribution in [0.3, 0.4) is 0 Å². The van der Waals surface area contributed by atoms with Gasteiger partial charge in [-0.3, -0.25) is 0 Å². The molecule has 1 aromatic carbocycles. The summed E-state index contributed by atoms with van der Waals surface area (Å²) in [5.41, 5.74) is 0.830. The van der Waals surface area contributed by atoms with Gasteiger partial charge in [0.2, 0.25) is 10.0 Å². The van der Waals surface area contributed by atoms with E-state index in [9.17, 15) is 8.42 Å². The average molecular weight is 243 g/mol. The molecule has 0 amide bonds. The summed E-state index contributed by atoms with van der Waals surface area (Å²) < 4.78 is 24.2. The zero-order valence-electron chi connectivity index (χ0n) is 8.87. The molecule has 0 aliphatic heterocycles. The fraction of sp³-hybridized carbons (Fsp3) is 0.333. The molecule has 0 aliphatic carbocycles. The Morgan fingerprint density at radius 2 is 1.88 bits per heavy atom. The largest absolute Gasteiger partial charge is 0.471 e. The first-order chi connectivity index (χ1) is 7.38. The van der Waals surface area contributed by atoms with Gasteiger partial charge in [0.1, 0.15) is 0 Å². The molecule has 0 spiro atoms. The highest BCUT2D eigenvalue weighted by Gasteiger charge is 2.26. The van der Waals surface area contributed by atoms with Crippen LogP contribution in [-0.2, 0) is 16.4 Å². The van der Waals surface area contributed by atoms with E-state index in [1.54, 1.807) is 24.3 Å². The minimum atomic E-state index is -3.46. The van der Waals surface area contributed by atoms with E-state index >= 15 is 0 Å². The number of sulfonamides is 1. The van der Waals surface area contributed by atoms with Gasteiger partial charge >= 0.3 is 7.12 Å². The Kier molecular flexibility index (Phi) is 4.49. The maximum absolute atomic E-state index is 11.0. The lowest BCUT2D eigenvalue weighted by molar-refractivity contribution is 0.379. The monoisotopic (exact) mass is 243 g/mol. The Morgan fingerprint density at radius 3 is 2.31 bits per heavy atom. The van der Waals surface area contributed by atoms with Crippen molar-refractivity contribution in [2.75, 3.05) is 6.26 Å². The second-order valence-electron chi connectivity index (χ2n) is 3.60. The average Bonchev–Trinajstić information content (AvgIpc) is 2.16. The molecule has 5 nitrogen and oxygen atoms in total. The topological polar surface area (TPSA) is 86.6 Å². The molecular formula is C9H14BNO4S. The minimum Gasteiger partial charge on any atom is -0.426 e. The van der Waals surface area contributed by atoms with E-state index in [0.29, 0.717) is 0 Å². The Morgan fingerprint density at radius 1 is 1.31 bits per heavy atom. The second-order valence-corrected chi connectivity index (χ2v) is 5.38. The van der Waals surface area contributed by atoms with Crippen LogP contribution in [0.2, 0.25) is 0 Å². The summed E-state index contributed by atoms with van der Waals surface area (Å²) in [5, 5.41) is 18.1. The number of rotatable bonds is 5. The molecule has 88 valence electrons. The van der Waals surface area contributed by atoms with E-state index in [1.807, 2.05) is 6.07 Å². The quantitative estimate of drug-likeness (QED) is 0.588. The summed E-state index contributed by atoms with van der Waals surface area (Å²) in [7, 11) is -5.19. The number of nitrogens with one attached hydrogen (secondary N) is 1. The van der Waals surface area contributed by atoms with E-state index in [-0.39, 0.29) is 6.42 Å². The molecule has 0 unspecified atom stereocenters. The van der Waals surface area contributed by atoms with Crippen LogP contribution in [0.5, 0.6) is 0 Å². The lowest BCUT2D eigenvalue weighted by atomic mass is 9.77. The van der Waals surface area contributed by atoms with Gasteiger partial charge in [-0.15, -0.1) is 0 Å². The summed E-state index contributed by atoms with van der Waals surface area (Å²) in [6.45, 7) is 0. The van der Waals surface area contributed by atoms with E-state index in [1.165, 1.54) is 0 Å². The fourth-order valence-electron chi connectivity index (χ4n) is 1.35. The van der Waals surface area contributed by atoms with E-state index in [0.717, 1.165) is 11.8 Å². The molecule has 7 heteroatoms. The van der Waals surface area contributed by atoms with Crippen LogP contribution < -0.4 is 4.72 Å². The summed E-state index contributed by atoms with van der Waals surface area (Å²) in [4.78, 5) is 0. The normalized spacial score (nSPS) is 13.4. The molecule has 0 saturated heterocycles. The van der Waals surface area contributed by atoms with Gasteiger partial charge in [0, 0.05) is 0 Å². The van der Waals surface area contributed by atoms with Crippen LogP contribution in [0.4, 0.5) is 0 Å². The molecular weight excluding hydrogens is 229 g/mol. The Labute approximate surface area is 95.3 Å². The molecule has 0 aromatic heterocycles. The van der Waals surface area contributed by atoms with Gasteiger partial charge in [0.05, 0.1) is 12.2 Å². The molecule has 3 N–H and O–H groups in total. The SMILES string of the molecule is CS(=O)(=O)N[C@@H](Cc1ccccc1)B(O)O. The fourth-order valence-corrected chi connectivity index (χ4v) is 2.11. The number of benzene rings is 1. The smallest absolute Gasteiger partial charge is 0.426 e. The predicted molar refractivity (Wildman–Crippen MR) is 62.1 cm³/mol. The van der Waals surface area contributed by atoms with Crippen molar-refractivity contribution >= 4 is 17.1 Å². The van der Waals surface area contributed by atoms with Crippen molar-refractivity contribution in [1.29, 1.82) is 0 Å². The second kappa shape index (κ2) is 5.45. The predicted octanol–water partition coefficient (Wildman–Crippen LogP) is -0.841. The van der Waals surface area contributed by atoms with Gasteiger partial charge in [0.25, 0.3) is 0 Å². The third kappa shape index (κ3) is 4.76. The molecule has 1 atom stereocenters. The first-order valence-electron chi connectivity index (χ1n) is 4.76. The first-order valence-corrected chi connectivity index (χ1v) is 6.65. The Balaban J connectivity index is 2.73. The molecule has 1 aromatic rings. The highest BCUT2D eigenvalue weighted by molar-refractivity contribution is 7.88. The molecule has 0 bridgehead atoms. The maximum Gasteiger partial charge on any atom is 0.471 e. The standard InChI is InChI=1S/C9H14BNO4S/c1-16(14,15)11-9(10(12)13)7-8-5-3-2-4-6-8/h2-6,9,11-13H,7H2,1H3/t9-/m0/s1. The summed E-state index contributed by atoms with van der Waals surface area (Å²) >= 11 is 0. The van der Waals surface area contributed by atoms with Crippen molar-refractivity contribution < 1.29 is 18.5 Å². The first kappa shape index (κ1) is 13.2. The van der Waals surface area contributed by atoms with Crippen LogP contribution in [0, 0.1) is 0 Å². The molecule has 0 aliphatic rings. The third-order valence-corrected chi connectivity index (χ3v) is 2.75. The molecule has 0 saturated carbocycles. The summed E-state index contributed by atoms with van der Waals surface area (Å²) in [6.07, 6.45) is 1.21. The highest BCUT2D eigenvalue weighted by Crippen LogP contribution is 2.04. The van der Waals surface area contributed by atoms with Crippen molar-refractivity contribution in [2.45, 2.75) is 12.4 Å². The van der Waals surface area contributed by atoms with Gasteiger partial charge in [-0.05, 0) is 12.0 Å². The maximum atomic E-state index is 11.0. The molecule has 1 rings (SSSR count). The number of hydrogen-bond donors (Lipinski definition) is 3. The van der Waals surface area contributed by atoms with Gasteiger partial charge in [0.15, 0.2) is 0 Å². The van der Waals surface area contributed by atoms with Crippen LogP contribution in [0.1, 0.15) is 5.56 Å². The van der Waals surface area contributed by atoms with E-state index in [2.05, 4.69) is 4.72 Å². The third-order valence-electron chi connectivity index (χ3n) is 2.02. The van der Waals surface area contributed by atoms with E-state index in [4.69, 9.17) is 10.0 Å². The summed E-state index contributed by atoms with van der Waals surface area (Å²) in [6, 6.07) is 9.02. The summed E-state index contributed by atoms with van der Waals surface area (Å²) in [5.74, 6) is -0.933. The number of hydrogen-bond acceptors (Lipinski definition) is 4. The zero-order chi connectivity index (χ0) is 12.2. The zero-order valence-corrected chi connectivity index (χ0v) is 9.68. The van der Waals surface area contributed by atoms with Gasteiger partial charge in [-0.1, -0.05) is 30.3 Å². The van der Waals surface area contributed by atoms with Crippen LogP contribution in [0.25, 0.3) is 0 Å². The Hall–Kier alpha value is -0.885. The van der Waals surface area contributed by atoms with E-state index < -0.39 is 23.1 Å². The van der Waals surface area contributed by atoms with Gasteiger partial charge < -0.3 is 10.0 Å². The molecule has 0 fully saturated rings.